The normalized spacial score (nSPS) is 20.6. The van der Waals surface area contributed by atoms with E-state index in [2.05, 4.69) is 60.4 Å². The van der Waals surface area contributed by atoms with Gasteiger partial charge in [0.1, 0.15) is 0 Å². The number of amides is 1. The van der Waals surface area contributed by atoms with Gasteiger partial charge in [-0.3, -0.25) is 9.69 Å². The number of rotatable bonds is 8. The summed E-state index contributed by atoms with van der Waals surface area (Å²) >= 11 is 0. The molecule has 0 bridgehead atoms. The van der Waals surface area contributed by atoms with Crippen LogP contribution >= 0.6 is 0 Å². The summed E-state index contributed by atoms with van der Waals surface area (Å²) in [5, 5.41) is 0. The second kappa shape index (κ2) is 8.22. The van der Waals surface area contributed by atoms with Crippen molar-refractivity contribution in [2.75, 3.05) is 6.54 Å². The molecule has 1 aliphatic carbocycles. The lowest BCUT2D eigenvalue weighted by molar-refractivity contribution is -0.120. The van der Waals surface area contributed by atoms with E-state index in [0.717, 1.165) is 31.6 Å². The molecule has 2 atom stereocenters. The van der Waals surface area contributed by atoms with Crippen LogP contribution in [0.5, 0.6) is 0 Å². The van der Waals surface area contributed by atoms with Crippen molar-refractivity contribution in [3.63, 3.8) is 0 Å². The Labute approximate surface area is 173 Å². The largest absolute Gasteiger partial charge is 0.369 e. The number of carbonyl (C=O) groups excluding carboxylic acids is 1. The van der Waals surface area contributed by atoms with Crippen molar-refractivity contribution >= 4 is 5.91 Å². The van der Waals surface area contributed by atoms with E-state index in [9.17, 15) is 4.79 Å². The summed E-state index contributed by atoms with van der Waals surface area (Å²) in [5.41, 5.74) is 10.3. The van der Waals surface area contributed by atoms with Crippen molar-refractivity contribution in [2.24, 2.45) is 11.7 Å². The van der Waals surface area contributed by atoms with Crippen molar-refractivity contribution < 1.29 is 4.79 Å². The van der Waals surface area contributed by atoms with E-state index in [4.69, 9.17) is 5.73 Å². The first kappa shape index (κ1) is 19.4. The van der Waals surface area contributed by atoms with Crippen LogP contribution in [-0.4, -0.2) is 17.4 Å². The zero-order valence-electron chi connectivity index (χ0n) is 16.9. The van der Waals surface area contributed by atoms with Gasteiger partial charge in [-0.1, -0.05) is 90.5 Å². The Bertz CT molecular complexity index is 953. The van der Waals surface area contributed by atoms with E-state index in [0.29, 0.717) is 0 Å². The molecule has 148 valence electrons. The number of benzene rings is 3. The predicted molar refractivity (Wildman–Crippen MR) is 117 cm³/mol. The molecule has 1 aliphatic rings. The average Bonchev–Trinajstić information content (AvgIpc) is 3.46. The third kappa shape index (κ3) is 4.25. The van der Waals surface area contributed by atoms with Gasteiger partial charge in [-0.05, 0) is 36.0 Å². The Kier molecular flexibility index (Phi) is 5.50. The first-order valence-electron chi connectivity index (χ1n) is 10.3. The van der Waals surface area contributed by atoms with Gasteiger partial charge in [0.15, 0.2) is 0 Å². The Balaban J connectivity index is 1.55. The zero-order chi connectivity index (χ0) is 20.3. The van der Waals surface area contributed by atoms with Crippen LogP contribution in [0.1, 0.15) is 28.7 Å². The van der Waals surface area contributed by atoms with Crippen LogP contribution < -0.4 is 5.73 Å². The second-order valence-corrected chi connectivity index (χ2v) is 8.24. The molecular weight excluding hydrogens is 356 g/mol. The molecule has 0 aromatic heterocycles. The molecule has 0 heterocycles. The molecule has 0 saturated heterocycles. The van der Waals surface area contributed by atoms with Gasteiger partial charge < -0.3 is 5.73 Å². The summed E-state index contributed by atoms with van der Waals surface area (Å²) in [7, 11) is 0. The molecule has 1 saturated carbocycles. The Morgan fingerprint density at radius 1 is 0.897 bits per heavy atom. The van der Waals surface area contributed by atoms with Gasteiger partial charge >= 0.3 is 0 Å². The monoisotopic (exact) mass is 384 g/mol. The highest BCUT2D eigenvalue weighted by Gasteiger charge is 2.60. The van der Waals surface area contributed by atoms with E-state index >= 15 is 0 Å². The molecule has 2 N–H and O–H groups in total. The van der Waals surface area contributed by atoms with Gasteiger partial charge in [-0.2, -0.15) is 0 Å². The molecule has 0 unspecified atom stereocenters. The minimum atomic E-state index is -0.524. The van der Waals surface area contributed by atoms with E-state index in [1.807, 2.05) is 36.4 Å². The first-order chi connectivity index (χ1) is 14.1. The molecule has 0 radical (unpaired) electrons. The lowest BCUT2D eigenvalue weighted by atomic mass is 9.92. The van der Waals surface area contributed by atoms with Gasteiger partial charge in [-0.25, -0.2) is 0 Å². The number of hydrogen-bond donors (Lipinski definition) is 1. The number of aryl methyl sites for hydroxylation is 1. The summed E-state index contributed by atoms with van der Waals surface area (Å²) in [4.78, 5) is 14.9. The Morgan fingerprint density at radius 2 is 1.45 bits per heavy atom. The summed E-state index contributed by atoms with van der Waals surface area (Å²) in [6.07, 6.45) is 0.825. The van der Waals surface area contributed by atoms with Crippen LogP contribution in [0.25, 0.3) is 0 Å². The van der Waals surface area contributed by atoms with E-state index in [-0.39, 0.29) is 11.8 Å². The zero-order valence-corrected chi connectivity index (χ0v) is 16.9. The number of primary amides is 1. The first-order valence-corrected chi connectivity index (χ1v) is 10.3. The van der Waals surface area contributed by atoms with Crippen LogP contribution in [0, 0.1) is 12.8 Å². The Morgan fingerprint density at radius 3 is 2.03 bits per heavy atom. The molecule has 3 aromatic carbocycles. The quantitative estimate of drug-likeness (QED) is 0.624. The van der Waals surface area contributed by atoms with Crippen molar-refractivity contribution in [3.8, 4) is 0 Å². The SMILES string of the molecule is Cc1ccc(CN(Cc2ccccc2)C[C@@H]2C[C@]2(C(N)=O)c2ccccc2)cc1. The highest BCUT2D eigenvalue weighted by molar-refractivity contribution is 5.90. The molecule has 4 rings (SSSR count). The lowest BCUT2D eigenvalue weighted by Crippen LogP contribution is -2.34. The summed E-state index contributed by atoms with van der Waals surface area (Å²) in [6, 6.07) is 29.2. The number of carbonyl (C=O) groups is 1. The van der Waals surface area contributed by atoms with Crippen molar-refractivity contribution in [2.45, 2.75) is 31.8 Å². The van der Waals surface area contributed by atoms with Crippen molar-refractivity contribution in [1.29, 1.82) is 0 Å². The standard InChI is InChI=1S/C26H28N2O/c1-20-12-14-22(15-13-20)18-28(17-21-8-4-2-5-9-21)19-24-16-26(24,25(27)29)23-10-6-3-7-11-23/h2-15,24H,16-19H2,1H3,(H2,27,29)/t24-,26-/m0/s1. The van der Waals surface area contributed by atoms with E-state index in [1.54, 1.807) is 0 Å². The Hall–Kier alpha value is -2.91. The molecule has 3 heteroatoms. The van der Waals surface area contributed by atoms with Gasteiger partial charge in [0.2, 0.25) is 5.91 Å². The maximum Gasteiger partial charge on any atom is 0.228 e. The van der Waals surface area contributed by atoms with Gasteiger partial charge in [0.25, 0.3) is 0 Å². The molecule has 1 amide bonds. The molecular formula is C26H28N2O. The predicted octanol–water partition coefficient (Wildman–Crippen LogP) is 4.44. The smallest absolute Gasteiger partial charge is 0.228 e. The minimum absolute atomic E-state index is 0.205. The third-order valence-electron chi connectivity index (χ3n) is 6.09. The van der Waals surface area contributed by atoms with Crippen LogP contribution in [0.4, 0.5) is 0 Å². The molecule has 29 heavy (non-hydrogen) atoms. The number of nitrogens with zero attached hydrogens (tertiary/aromatic N) is 1. The fourth-order valence-electron chi connectivity index (χ4n) is 4.37. The molecule has 3 aromatic rings. The van der Waals surface area contributed by atoms with E-state index < -0.39 is 5.41 Å². The number of nitrogens with two attached hydrogens (primary N) is 1. The second-order valence-electron chi connectivity index (χ2n) is 8.24. The molecule has 1 fully saturated rings. The fraction of sp³-hybridized carbons (Fsp3) is 0.269. The van der Waals surface area contributed by atoms with Crippen molar-refractivity contribution in [1.82, 2.24) is 4.90 Å². The fourth-order valence-corrected chi connectivity index (χ4v) is 4.37. The highest BCUT2D eigenvalue weighted by atomic mass is 16.1. The lowest BCUT2D eigenvalue weighted by Gasteiger charge is -2.24. The van der Waals surface area contributed by atoms with Crippen LogP contribution in [0.2, 0.25) is 0 Å². The molecule has 3 nitrogen and oxygen atoms in total. The van der Waals surface area contributed by atoms with Crippen LogP contribution in [0.3, 0.4) is 0 Å². The topological polar surface area (TPSA) is 46.3 Å². The molecule has 0 aliphatic heterocycles. The van der Waals surface area contributed by atoms with E-state index in [1.165, 1.54) is 16.7 Å². The van der Waals surface area contributed by atoms with Crippen LogP contribution in [-0.2, 0) is 23.3 Å². The van der Waals surface area contributed by atoms with Gasteiger partial charge in [-0.15, -0.1) is 0 Å². The summed E-state index contributed by atoms with van der Waals surface area (Å²) in [5.74, 6) is 0.0419. The number of hydrogen-bond acceptors (Lipinski definition) is 2. The van der Waals surface area contributed by atoms with Crippen LogP contribution in [0.15, 0.2) is 84.9 Å². The average molecular weight is 385 g/mol. The van der Waals surface area contributed by atoms with Gasteiger partial charge in [0, 0.05) is 19.6 Å². The summed E-state index contributed by atoms with van der Waals surface area (Å²) in [6.45, 7) is 4.67. The highest BCUT2D eigenvalue weighted by Crippen LogP contribution is 2.54. The maximum atomic E-state index is 12.4. The maximum absolute atomic E-state index is 12.4. The molecule has 0 spiro atoms. The van der Waals surface area contributed by atoms with Crippen molar-refractivity contribution in [3.05, 3.63) is 107 Å². The summed E-state index contributed by atoms with van der Waals surface area (Å²) < 4.78 is 0. The third-order valence-corrected chi connectivity index (χ3v) is 6.09. The van der Waals surface area contributed by atoms with Gasteiger partial charge in [0.05, 0.1) is 5.41 Å². The minimum Gasteiger partial charge on any atom is -0.369 e.